The fourth-order valence-electron chi connectivity index (χ4n) is 10.8. The summed E-state index contributed by atoms with van der Waals surface area (Å²) in [7, 11) is 0. The van der Waals surface area contributed by atoms with Crippen molar-refractivity contribution >= 4 is 43.6 Å². The minimum atomic E-state index is -0.465. The van der Waals surface area contributed by atoms with E-state index in [9.17, 15) is 10.2 Å². The van der Waals surface area contributed by atoms with Crippen LogP contribution in [-0.2, 0) is 21.7 Å². The molecule has 0 atom stereocenters. The van der Waals surface area contributed by atoms with Crippen LogP contribution in [0.5, 0.6) is 23.0 Å². The predicted octanol–water partition coefficient (Wildman–Crippen LogP) is 18.6. The molecule has 396 valence electrons. The minimum Gasteiger partial charge on any atom is -0.505 e. The molecular formula is C69H72F2N2O4. The van der Waals surface area contributed by atoms with Gasteiger partial charge in [0.05, 0.1) is 46.7 Å². The third kappa shape index (κ3) is 9.92. The molecule has 0 radical (unpaired) electrons. The molecule has 0 aliphatic rings. The van der Waals surface area contributed by atoms with Crippen LogP contribution < -0.4 is 9.47 Å². The first-order chi connectivity index (χ1) is 36.2. The van der Waals surface area contributed by atoms with Gasteiger partial charge in [0.2, 0.25) is 0 Å². The fourth-order valence-corrected chi connectivity index (χ4v) is 10.8. The third-order valence-corrected chi connectivity index (χ3v) is 15.2. The molecule has 77 heavy (non-hydrogen) atoms. The van der Waals surface area contributed by atoms with Crippen LogP contribution >= 0.6 is 0 Å². The van der Waals surface area contributed by atoms with Crippen molar-refractivity contribution in [3.63, 3.8) is 0 Å². The summed E-state index contributed by atoms with van der Waals surface area (Å²) in [6.07, 6.45) is 0.409. The SMILES string of the molecule is Cc1cc(-c2cc(F)ccc2OCCCOc2ccc(F)cc2-c2cc(C)cc(-n3c4ccc(C(C)(C)C)cc4c4cc(C(C)(C)C)ccc43)c2O)c(O)c(-n2c3ccc(C(C)(C)C)cc3c3cc(C(C)(C)C)ccc32)c1. The molecule has 10 rings (SSSR count). The molecule has 10 aromatic rings. The number of phenols is 2. The van der Waals surface area contributed by atoms with Gasteiger partial charge in [0.1, 0.15) is 34.6 Å². The van der Waals surface area contributed by atoms with Crippen molar-refractivity contribution in [1.29, 1.82) is 0 Å². The van der Waals surface area contributed by atoms with Gasteiger partial charge in [0, 0.05) is 50.2 Å². The minimum absolute atomic E-state index is 0.00173. The Morgan fingerprint density at radius 2 is 0.675 bits per heavy atom. The zero-order valence-corrected chi connectivity index (χ0v) is 47.2. The molecule has 6 nitrogen and oxygen atoms in total. The highest BCUT2D eigenvalue weighted by Gasteiger charge is 2.27. The van der Waals surface area contributed by atoms with Crippen LogP contribution in [0.3, 0.4) is 0 Å². The predicted molar refractivity (Wildman–Crippen MR) is 316 cm³/mol. The van der Waals surface area contributed by atoms with E-state index in [1.807, 2.05) is 38.1 Å². The van der Waals surface area contributed by atoms with Gasteiger partial charge >= 0.3 is 0 Å². The van der Waals surface area contributed by atoms with Crippen LogP contribution in [-0.4, -0.2) is 32.6 Å². The summed E-state index contributed by atoms with van der Waals surface area (Å²) < 4.78 is 47.8. The topological polar surface area (TPSA) is 68.8 Å². The zero-order valence-electron chi connectivity index (χ0n) is 47.2. The second-order valence-electron chi connectivity index (χ2n) is 25.3. The number of halogens is 2. The Morgan fingerprint density at radius 1 is 0.377 bits per heavy atom. The van der Waals surface area contributed by atoms with Gasteiger partial charge in [-0.1, -0.05) is 107 Å². The Hall–Kier alpha value is -7.58. The van der Waals surface area contributed by atoms with Gasteiger partial charge in [-0.3, -0.25) is 0 Å². The number of phenolic OH excluding ortho intramolecular Hbond substituents is 2. The first kappa shape index (κ1) is 52.8. The van der Waals surface area contributed by atoms with Crippen molar-refractivity contribution in [2.75, 3.05) is 13.2 Å². The quantitative estimate of drug-likeness (QED) is 0.134. The molecular weight excluding hydrogens is 959 g/mol. The molecule has 0 fully saturated rings. The maximum atomic E-state index is 15.4. The molecule has 0 unspecified atom stereocenters. The number of ether oxygens (including phenoxy) is 2. The first-order valence-electron chi connectivity index (χ1n) is 26.9. The van der Waals surface area contributed by atoms with E-state index in [0.29, 0.717) is 51.5 Å². The summed E-state index contributed by atoms with van der Waals surface area (Å²) in [5.41, 5.74) is 13.0. The van der Waals surface area contributed by atoms with E-state index in [1.165, 1.54) is 46.5 Å². The zero-order chi connectivity index (χ0) is 55.3. The number of benzene rings is 8. The molecule has 8 aromatic carbocycles. The maximum Gasteiger partial charge on any atom is 0.147 e. The number of hydrogen-bond donors (Lipinski definition) is 2. The van der Waals surface area contributed by atoms with Crippen LogP contribution in [0.1, 0.15) is 123 Å². The molecule has 0 spiro atoms. The van der Waals surface area contributed by atoms with Crippen molar-refractivity contribution < 1.29 is 28.5 Å². The third-order valence-electron chi connectivity index (χ3n) is 15.2. The Labute approximate surface area is 452 Å². The highest BCUT2D eigenvalue weighted by Crippen LogP contribution is 2.47. The smallest absolute Gasteiger partial charge is 0.147 e. The average molecular weight is 1030 g/mol. The van der Waals surface area contributed by atoms with Crippen LogP contribution in [0, 0.1) is 25.5 Å². The van der Waals surface area contributed by atoms with Crippen molar-refractivity contribution in [2.45, 2.75) is 125 Å². The molecule has 2 aromatic heterocycles. The summed E-state index contributed by atoms with van der Waals surface area (Å²) in [4.78, 5) is 0. The molecule has 0 aliphatic carbocycles. The summed E-state index contributed by atoms with van der Waals surface area (Å²) in [6, 6.07) is 42.7. The molecule has 2 heterocycles. The number of hydrogen-bond acceptors (Lipinski definition) is 4. The lowest BCUT2D eigenvalue weighted by molar-refractivity contribution is 0.248. The lowest BCUT2D eigenvalue weighted by Crippen LogP contribution is -2.10. The lowest BCUT2D eigenvalue weighted by atomic mass is 9.85. The van der Waals surface area contributed by atoms with Crippen LogP contribution in [0.2, 0.25) is 0 Å². The number of fused-ring (bicyclic) bond motifs is 6. The van der Waals surface area contributed by atoms with Crippen molar-refractivity contribution in [3.05, 3.63) is 178 Å². The number of rotatable bonds is 10. The second-order valence-corrected chi connectivity index (χ2v) is 25.3. The summed E-state index contributed by atoms with van der Waals surface area (Å²) >= 11 is 0. The van der Waals surface area contributed by atoms with Crippen LogP contribution in [0.4, 0.5) is 8.78 Å². The number of aromatic nitrogens is 2. The first-order valence-corrected chi connectivity index (χ1v) is 26.9. The van der Waals surface area contributed by atoms with E-state index in [0.717, 1.165) is 54.7 Å². The highest BCUT2D eigenvalue weighted by atomic mass is 19.1. The lowest BCUT2D eigenvalue weighted by Gasteiger charge is -2.20. The van der Waals surface area contributed by atoms with Gasteiger partial charge in [0.15, 0.2) is 0 Å². The van der Waals surface area contributed by atoms with E-state index in [2.05, 4.69) is 165 Å². The number of aryl methyl sites for hydroxylation is 2. The van der Waals surface area contributed by atoms with Crippen molar-refractivity contribution in [3.8, 4) is 56.6 Å². The average Bonchev–Trinajstić information content (AvgIpc) is 3.95. The van der Waals surface area contributed by atoms with E-state index in [-0.39, 0.29) is 46.4 Å². The Bertz CT molecular complexity index is 3560. The fraction of sp³-hybridized carbons (Fsp3) is 0.304. The van der Waals surface area contributed by atoms with Crippen molar-refractivity contribution in [2.24, 2.45) is 0 Å². The van der Waals surface area contributed by atoms with Crippen LogP contribution in [0.15, 0.2) is 133 Å². The number of nitrogens with zero attached hydrogens (tertiary/aromatic N) is 2. The summed E-state index contributed by atoms with van der Waals surface area (Å²) in [5, 5.41) is 29.2. The van der Waals surface area contributed by atoms with Gasteiger partial charge in [0.25, 0.3) is 0 Å². The molecule has 2 N–H and O–H groups in total. The standard InChI is InChI=1S/C69H72F2N2O4/c1-40-30-54(64(74)60(32-40)72-56-22-16-42(66(3,4)5)34-48(56)49-35-43(67(6,7)8)17-23-57(49)72)52-38-46(70)20-26-62(52)76-28-15-29-77-63-27-21-47(71)39-53(63)55-31-41(2)33-61(65(55)75)73-58-24-18-44(68(9,10)11)36-50(58)51-37-45(69(12,13)14)19-25-59(51)73/h16-27,30-39,74-75H,15,28-29H2,1-14H3. The Morgan fingerprint density at radius 3 is 0.961 bits per heavy atom. The Kier molecular flexibility index (Phi) is 13.1. The second kappa shape index (κ2) is 19.2. The molecule has 0 bridgehead atoms. The van der Waals surface area contributed by atoms with E-state index < -0.39 is 11.6 Å². The normalized spacial score (nSPS) is 12.7. The van der Waals surface area contributed by atoms with Gasteiger partial charge in [-0.2, -0.15) is 0 Å². The van der Waals surface area contributed by atoms with Gasteiger partial charge < -0.3 is 28.8 Å². The maximum absolute atomic E-state index is 15.4. The van der Waals surface area contributed by atoms with E-state index in [4.69, 9.17) is 9.47 Å². The van der Waals surface area contributed by atoms with Crippen molar-refractivity contribution in [1.82, 2.24) is 9.13 Å². The Balaban J connectivity index is 0.950. The van der Waals surface area contributed by atoms with Gasteiger partial charge in [-0.25, -0.2) is 8.78 Å². The highest BCUT2D eigenvalue weighted by molar-refractivity contribution is 6.11. The molecule has 0 amide bonds. The van der Waals surface area contributed by atoms with Gasteiger partial charge in [-0.15, -0.1) is 0 Å². The van der Waals surface area contributed by atoms with E-state index in [1.54, 1.807) is 12.1 Å². The monoisotopic (exact) mass is 1030 g/mol. The summed E-state index contributed by atoms with van der Waals surface area (Å²) in [5.74, 6) is -0.122. The largest absolute Gasteiger partial charge is 0.505 e. The van der Waals surface area contributed by atoms with Crippen LogP contribution in [0.25, 0.3) is 77.2 Å². The molecule has 0 saturated heterocycles. The van der Waals surface area contributed by atoms with E-state index >= 15 is 8.78 Å². The molecule has 0 aliphatic heterocycles. The van der Waals surface area contributed by atoms with Gasteiger partial charge in [-0.05, 0) is 178 Å². The summed E-state index contributed by atoms with van der Waals surface area (Å²) in [6.45, 7) is 30.9. The number of aromatic hydroxyl groups is 2. The molecule has 8 heteroatoms. The molecule has 0 saturated carbocycles.